The molecule has 1 amide bonds. The van der Waals surface area contributed by atoms with Gasteiger partial charge in [0.05, 0.1) is 6.10 Å². The van der Waals surface area contributed by atoms with E-state index in [1.54, 1.807) is 7.05 Å². The summed E-state index contributed by atoms with van der Waals surface area (Å²) in [6.07, 6.45) is 0.991. The number of aliphatic imine (C=N–C) groups is 1. The standard InChI is InChI=1S/C19H32N4O2/c1-15(2)18(24)21-12-13-23-19(20-4)22-11-8-14-25-16(3)17-9-6-5-7-10-17/h5-7,9-10,15-16H,8,11-14H2,1-4H3,(H,21,24)(H2,20,22,23). The third-order valence-corrected chi connectivity index (χ3v) is 3.72. The summed E-state index contributed by atoms with van der Waals surface area (Å²) in [5.74, 6) is 0.806. The van der Waals surface area contributed by atoms with Crippen LogP contribution < -0.4 is 16.0 Å². The zero-order valence-electron chi connectivity index (χ0n) is 15.8. The topological polar surface area (TPSA) is 74.8 Å². The first-order valence-corrected chi connectivity index (χ1v) is 8.93. The molecule has 3 N–H and O–H groups in total. The molecule has 0 aliphatic rings. The normalized spacial score (nSPS) is 12.8. The summed E-state index contributed by atoms with van der Waals surface area (Å²) in [7, 11) is 1.73. The van der Waals surface area contributed by atoms with E-state index in [4.69, 9.17) is 4.74 Å². The predicted octanol–water partition coefficient (Wildman–Crippen LogP) is 2.09. The van der Waals surface area contributed by atoms with Gasteiger partial charge in [-0.15, -0.1) is 0 Å². The Morgan fingerprint density at radius 1 is 1.04 bits per heavy atom. The van der Waals surface area contributed by atoms with E-state index in [-0.39, 0.29) is 17.9 Å². The van der Waals surface area contributed by atoms with E-state index >= 15 is 0 Å². The van der Waals surface area contributed by atoms with Gasteiger partial charge in [-0.2, -0.15) is 0 Å². The van der Waals surface area contributed by atoms with Crippen molar-refractivity contribution >= 4 is 11.9 Å². The van der Waals surface area contributed by atoms with Crippen molar-refractivity contribution in [3.8, 4) is 0 Å². The maximum absolute atomic E-state index is 11.5. The largest absolute Gasteiger partial charge is 0.374 e. The van der Waals surface area contributed by atoms with Gasteiger partial charge in [-0.3, -0.25) is 9.79 Å². The lowest BCUT2D eigenvalue weighted by molar-refractivity contribution is -0.123. The summed E-state index contributed by atoms with van der Waals surface area (Å²) in [5, 5.41) is 9.27. The molecule has 0 spiro atoms. The van der Waals surface area contributed by atoms with Gasteiger partial charge in [0.15, 0.2) is 5.96 Å². The first-order valence-electron chi connectivity index (χ1n) is 8.93. The molecule has 0 saturated carbocycles. The van der Waals surface area contributed by atoms with Gasteiger partial charge in [-0.1, -0.05) is 44.2 Å². The lowest BCUT2D eigenvalue weighted by Gasteiger charge is -2.15. The highest BCUT2D eigenvalue weighted by Crippen LogP contribution is 2.15. The highest BCUT2D eigenvalue weighted by molar-refractivity contribution is 5.80. The number of ether oxygens (including phenoxy) is 1. The fraction of sp³-hybridized carbons (Fsp3) is 0.579. The van der Waals surface area contributed by atoms with Gasteiger partial charge in [0.25, 0.3) is 0 Å². The van der Waals surface area contributed by atoms with Crippen molar-refractivity contribution in [3.63, 3.8) is 0 Å². The molecule has 1 aromatic rings. The van der Waals surface area contributed by atoms with Crippen molar-refractivity contribution in [2.24, 2.45) is 10.9 Å². The summed E-state index contributed by atoms with van der Waals surface area (Å²) in [4.78, 5) is 15.6. The molecule has 1 aromatic carbocycles. The maximum Gasteiger partial charge on any atom is 0.222 e. The van der Waals surface area contributed by atoms with Crippen molar-refractivity contribution in [2.75, 3.05) is 33.3 Å². The molecule has 1 atom stereocenters. The van der Waals surface area contributed by atoms with Crippen LogP contribution >= 0.6 is 0 Å². The molecule has 0 radical (unpaired) electrons. The van der Waals surface area contributed by atoms with Gasteiger partial charge in [0, 0.05) is 39.2 Å². The number of amides is 1. The second-order valence-corrected chi connectivity index (χ2v) is 6.15. The first kappa shape index (κ1) is 21.0. The van der Waals surface area contributed by atoms with Gasteiger partial charge in [-0.25, -0.2) is 0 Å². The monoisotopic (exact) mass is 348 g/mol. The summed E-state index contributed by atoms with van der Waals surface area (Å²) >= 11 is 0. The van der Waals surface area contributed by atoms with Gasteiger partial charge >= 0.3 is 0 Å². The molecule has 1 unspecified atom stereocenters. The molecular formula is C19H32N4O2. The van der Waals surface area contributed by atoms with Gasteiger partial charge in [0.1, 0.15) is 0 Å². The van der Waals surface area contributed by atoms with E-state index < -0.39 is 0 Å². The molecule has 0 aliphatic carbocycles. The Morgan fingerprint density at radius 2 is 1.68 bits per heavy atom. The molecular weight excluding hydrogens is 316 g/mol. The van der Waals surface area contributed by atoms with E-state index in [0.717, 1.165) is 18.9 Å². The number of rotatable bonds is 10. The number of hydrogen-bond donors (Lipinski definition) is 3. The van der Waals surface area contributed by atoms with E-state index in [1.807, 2.05) is 32.0 Å². The van der Waals surface area contributed by atoms with Crippen LogP contribution in [0.5, 0.6) is 0 Å². The average Bonchev–Trinajstić information content (AvgIpc) is 2.63. The highest BCUT2D eigenvalue weighted by Gasteiger charge is 2.06. The second kappa shape index (κ2) is 12.3. The SMILES string of the molecule is CN=C(NCCCOC(C)c1ccccc1)NCCNC(=O)C(C)C. The average molecular weight is 348 g/mol. The maximum atomic E-state index is 11.5. The zero-order chi connectivity index (χ0) is 18.5. The molecule has 25 heavy (non-hydrogen) atoms. The van der Waals surface area contributed by atoms with Crippen LogP contribution in [0, 0.1) is 5.92 Å². The fourth-order valence-electron chi connectivity index (χ4n) is 2.15. The van der Waals surface area contributed by atoms with Gasteiger partial charge < -0.3 is 20.7 Å². The lowest BCUT2D eigenvalue weighted by Crippen LogP contribution is -2.42. The van der Waals surface area contributed by atoms with Crippen molar-refractivity contribution in [2.45, 2.75) is 33.3 Å². The Hall–Kier alpha value is -2.08. The molecule has 6 nitrogen and oxygen atoms in total. The summed E-state index contributed by atoms with van der Waals surface area (Å²) in [5.41, 5.74) is 1.19. The van der Waals surface area contributed by atoms with Crippen molar-refractivity contribution < 1.29 is 9.53 Å². The summed E-state index contributed by atoms with van der Waals surface area (Å²) in [6.45, 7) is 8.50. The van der Waals surface area contributed by atoms with Crippen molar-refractivity contribution in [1.29, 1.82) is 0 Å². The Morgan fingerprint density at radius 3 is 2.32 bits per heavy atom. The molecule has 1 rings (SSSR count). The number of hydrogen-bond acceptors (Lipinski definition) is 3. The van der Waals surface area contributed by atoms with Crippen molar-refractivity contribution in [1.82, 2.24) is 16.0 Å². The van der Waals surface area contributed by atoms with E-state index in [2.05, 4.69) is 40.0 Å². The number of carbonyl (C=O) groups excluding carboxylic acids is 1. The van der Waals surface area contributed by atoms with E-state index in [9.17, 15) is 4.79 Å². The van der Waals surface area contributed by atoms with Gasteiger partial charge in [-0.05, 0) is 18.9 Å². The Kier molecular flexibility index (Phi) is 10.3. The molecule has 140 valence electrons. The Bertz CT molecular complexity index is 517. The molecule has 0 aliphatic heterocycles. The summed E-state index contributed by atoms with van der Waals surface area (Å²) < 4.78 is 5.84. The minimum atomic E-state index is 0.00992. The highest BCUT2D eigenvalue weighted by atomic mass is 16.5. The summed E-state index contributed by atoms with van der Waals surface area (Å²) in [6, 6.07) is 10.2. The molecule has 0 heterocycles. The van der Waals surface area contributed by atoms with Crippen LogP contribution in [0.4, 0.5) is 0 Å². The zero-order valence-corrected chi connectivity index (χ0v) is 15.8. The Labute approximate surface area is 151 Å². The van der Waals surface area contributed by atoms with Gasteiger partial charge in [0.2, 0.25) is 5.91 Å². The first-order chi connectivity index (χ1) is 12.0. The van der Waals surface area contributed by atoms with E-state index in [1.165, 1.54) is 5.56 Å². The predicted molar refractivity (Wildman–Crippen MR) is 103 cm³/mol. The van der Waals surface area contributed by atoms with Crippen LogP contribution in [0.15, 0.2) is 35.3 Å². The lowest BCUT2D eigenvalue weighted by atomic mass is 10.1. The molecule has 0 saturated heterocycles. The van der Waals surface area contributed by atoms with Crippen LogP contribution in [0.1, 0.15) is 38.9 Å². The number of nitrogens with zero attached hydrogens (tertiary/aromatic N) is 1. The number of nitrogens with one attached hydrogen (secondary N) is 3. The minimum absolute atomic E-state index is 0.00992. The van der Waals surface area contributed by atoms with Crippen LogP contribution in [-0.4, -0.2) is 45.2 Å². The molecule has 6 heteroatoms. The molecule has 0 aromatic heterocycles. The number of carbonyl (C=O) groups is 1. The van der Waals surface area contributed by atoms with Crippen LogP contribution in [0.2, 0.25) is 0 Å². The quantitative estimate of drug-likeness (QED) is 0.344. The fourth-order valence-corrected chi connectivity index (χ4v) is 2.15. The third-order valence-electron chi connectivity index (χ3n) is 3.72. The van der Waals surface area contributed by atoms with E-state index in [0.29, 0.717) is 19.7 Å². The number of guanidine groups is 1. The second-order valence-electron chi connectivity index (χ2n) is 6.15. The van der Waals surface area contributed by atoms with Crippen LogP contribution in [0.25, 0.3) is 0 Å². The molecule has 0 bridgehead atoms. The smallest absolute Gasteiger partial charge is 0.222 e. The Balaban J connectivity index is 2.10. The number of benzene rings is 1. The minimum Gasteiger partial charge on any atom is -0.374 e. The van der Waals surface area contributed by atoms with Crippen LogP contribution in [-0.2, 0) is 9.53 Å². The third kappa shape index (κ3) is 9.10. The molecule has 0 fully saturated rings. The van der Waals surface area contributed by atoms with Crippen molar-refractivity contribution in [3.05, 3.63) is 35.9 Å². The van der Waals surface area contributed by atoms with Crippen LogP contribution in [0.3, 0.4) is 0 Å².